The normalized spacial score (nSPS) is 16.0. The van der Waals surface area contributed by atoms with E-state index in [0.717, 1.165) is 18.4 Å². The molecular formula is C21H24FN5O3. The molecule has 0 radical (unpaired) electrons. The second kappa shape index (κ2) is 8.64. The molecule has 158 valence electrons. The van der Waals surface area contributed by atoms with Gasteiger partial charge in [-0.3, -0.25) is 19.1 Å². The number of fused-ring (bicyclic) bond motifs is 1. The fourth-order valence-electron chi connectivity index (χ4n) is 3.41. The maximum absolute atomic E-state index is 13.1. The fraction of sp³-hybridized carbons (Fsp3) is 0.429. The van der Waals surface area contributed by atoms with E-state index in [0.29, 0.717) is 37.8 Å². The first-order chi connectivity index (χ1) is 14.5. The molecular weight excluding hydrogens is 389 g/mol. The van der Waals surface area contributed by atoms with Gasteiger partial charge in [-0.1, -0.05) is 12.1 Å². The number of rotatable bonds is 7. The lowest BCUT2D eigenvalue weighted by atomic mass is 10.2. The van der Waals surface area contributed by atoms with Gasteiger partial charge in [0.15, 0.2) is 5.69 Å². The number of amides is 3. The van der Waals surface area contributed by atoms with Crippen LogP contribution < -0.4 is 10.6 Å². The van der Waals surface area contributed by atoms with Gasteiger partial charge in [-0.15, -0.1) is 0 Å². The number of halogens is 1. The minimum Gasteiger partial charge on any atom is -0.353 e. The topological polar surface area (TPSA) is 96.3 Å². The molecule has 2 aliphatic rings. The maximum Gasteiger partial charge on any atom is 0.272 e. The van der Waals surface area contributed by atoms with Crippen molar-refractivity contribution in [2.75, 3.05) is 13.1 Å². The summed E-state index contributed by atoms with van der Waals surface area (Å²) in [5, 5.41) is 9.83. The molecule has 9 heteroatoms. The van der Waals surface area contributed by atoms with E-state index in [-0.39, 0.29) is 36.3 Å². The smallest absolute Gasteiger partial charge is 0.272 e. The van der Waals surface area contributed by atoms with Crippen LogP contribution in [0.1, 0.15) is 52.2 Å². The summed E-state index contributed by atoms with van der Waals surface area (Å²) in [6, 6.07) is 7.84. The fourth-order valence-corrected chi connectivity index (χ4v) is 3.41. The third-order valence-electron chi connectivity index (χ3n) is 5.18. The van der Waals surface area contributed by atoms with Crippen LogP contribution in [0.4, 0.5) is 4.39 Å². The predicted molar refractivity (Wildman–Crippen MR) is 106 cm³/mol. The highest BCUT2D eigenvalue weighted by atomic mass is 19.1. The Morgan fingerprint density at radius 1 is 1.17 bits per heavy atom. The third-order valence-corrected chi connectivity index (χ3v) is 5.18. The molecule has 1 aromatic carbocycles. The van der Waals surface area contributed by atoms with E-state index >= 15 is 0 Å². The van der Waals surface area contributed by atoms with Gasteiger partial charge in [0, 0.05) is 44.7 Å². The molecule has 1 fully saturated rings. The Morgan fingerprint density at radius 2 is 1.93 bits per heavy atom. The molecule has 0 atom stereocenters. The van der Waals surface area contributed by atoms with Crippen LogP contribution in [0, 0.1) is 5.82 Å². The van der Waals surface area contributed by atoms with Crippen molar-refractivity contribution >= 4 is 17.7 Å². The van der Waals surface area contributed by atoms with Crippen molar-refractivity contribution < 1.29 is 18.8 Å². The zero-order chi connectivity index (χ0) is 21.1. The van der Waals surface area contributed by atoms with Gasteiger partial charge in [0.2, 0.25) is 5.91 Å². The Hall–Kier alpha value is -3.23. The molecule has 2 aromatic rings. The number of aromatic nitrogens is 2. The van der Waals surface area contributed by atoms with Gasteiger partial charge in [0.05, 0.1) is 0 Å². The van der Waals surface area contributed by atoms with Crippen molar-refractivity contribution in [3.05, 3.63) is 53.1 Å². The summed E-state index contributed by atoms with van der Waals surface area (Å²) in [6.45, 7) is 1.65. The maximum atomic E-state index is 13.1. The highest BCUT2D eigenvalue weighted by Crippen LogP contribution is 2.19. The summed E-state index contributed by atoms with van der Waals surface area (Å²) in [4.78, 5) is 38.7. The Balaban J connectivity index is 1.37. The van der Waals surface area contributed by atoms with E-state index in [2.05, 4.69) is 15.7 Å². The van der Waals surface area contributed by atoms with Crippen LogP contribution >= 0.6 is 0 Å². The van der Waals surface area contributed by atoms with Gasteiger partial charge >= 0.3 is 0 Å². The Bertz CT molecular complexity index is 952. The second-order valence-corrected chi connectivity index (χ2v) is 7.69. The van der Waals surface area contributed by atoms with Gasteiger partial charge in [-0.2, -0.15) is 5.10 Å². The molecule has 4 rings (SSSR count). The van der Waals surface area contributed by atoms with E-state index in [1.165, 1.54) is 18.2 Å². The summed E-state index contributed by atoms with van der Waals surface area (Å²) in [5.74, 6) is -1.02. The molecule has 0 spiro atoms. The Morgan fingerprint density at radius 3 is 2.67 bits per heavy atom. The van der Waals surface area contributed by atoms with Gasteiger partial charge in [-0.05, 0) is 37.0 Å². The molecule has 1 aliphatic carbocycles. The first kappa shape index (κ1) is 20.1. The summed E-state index contributed by atoms with van der Waals surface area (Å²) in [5.41, 5.74) is 1.34. The molecule has 2 N–H and O–H groups in total. The van der Waals surface area contributed by atoms with E-state index in [4.69, 9.17) is 0 Å². The van der Waals surface area contributed by atoms with Gasteiger partial charge in [0.25, 0.3) is 11.8 Å². The van der Waals surface area contributed by atoms with E-state index < -0.39 is 5.91 Å². The number of nitrogens with one attached hydrogen (secondary N) is 2. The van der Waals surface area contributed by atoms with Crippen LogP contribution in [0.2, 0.25) is 0 Å². The van der Waals surface area contributed by atoms with Crippen molar-refractivity contribution in [2.45, 2.75) is 44.8 Å². The van der Waals surface area contributed by atoms with E-state index in [9.17, 15) is 18.8 Å². The monoisotopic (exact) mass is 413 g/mol. The molecule has 1 saturated carbocycles. The molecule has 8 nitrogen and oxygen atoms in total. The van der Waals surface area contributed by atoms with Crippen molar-refractivity contribution in [1.29, 1.82) is 0 Å². The van der Waals surface area contributed by atoms with Crippen LogP contribution in [-0.4, -0.2) is 51.5 Å². The predicted octanol–water partition coefficient (Wildman–Crippen LogP) is 1.47. The first-order valence-corrected chi connectivity index (χ1v) is 10.2. The summed E-state index contributed by atoms with van der Waals surface area (Å²) >= 11 is 0. The van der Waals surface area contributed by atoms with Crippen LogP contribution in [0.5, 0.6) is 0 Å². The minimum absolute atomic E-state index is 0.0787. The first-order valence-electron chi connectivity index (χ1n) is 10.2. The van der Waals surface area contributed by atoms with Gasteiger partial charge < -0.3 is 15.5 Å². The zero-order valence-corrected chi connectivity index (χ0v) is 16.6. The average molecular weight is 413 g/mol. The lowest BCUT2D eigenvalue weighted by Crippen LogP contribution is -2.32. The molecule has 1 aliphatic heterocycles. The van der Waals surface area contributed by atoms with Crippen molar-refractivity contribution in [2.24, 2.45) is 0 Å². The number of aryl methyl sites for hydroxylation is 1. The van der Waals surface area contributed by atoms with Gasteiger partial charge in [0.1, 0.15) is 11.5 Å². The van der Waals surface area contributed by atoms with E-state index in [1.54, 1.807) is 21.7 Å². The van der Waals surface area contributed by atoms with Crippen molar-refractivity contribution in [3.8, 4) is 0 Å². The molecule has 0 bridgehead atoms. The Kier molecular flexibility index (Phi) is 5.78. The Labute approximate surface area is 173 Å². The lowest BCUT2D eigenvalue weighted by Gasteiger charge is -2.20. The summed E-state index contributed by atoms with van der Waals surface area (Å²) in [7, 11) is 0. The van der Waals surface area contributed by atoms with Crippen LogP contribution in [-0.2, 0) is 17.9 Å². The highest BCUT2D eigenvalue weighted by Gasteiger charge is 2.26. The molecule has 1 aromatic heterocycles. The third kappa shape index (κ3) is 4.84. The molecule has 30 heavy (non-hydrogen) atoms. The van der Waals surface area contributed by atoms with Crippen LogP contribution in [0.25, 0.3) is 0 Å². The largest absolute Gasteiger partial charge is 0.353 e. The van der Waals surface area contributed by atoms with Crippen LogP contribution in [0.15, 0.2) is 30.3 Å². The van der Waals surface area contributed by atoms with Crippen molar-refractivity contribution in [3.63, 3.8) is 0 Å². The lowest BCUT2D eigenvalue weighted by molar-refractivity contribution is -0.121. The second-order valence-electron chi connectivity index (χ2n) is 7.69. The average Bonchev–Trinajstić information content (AvgIpc) is 3.45. The number of hydrogen-bond acceptors (Lipinski definition) is 4. The summed E-state index contributed by atoms with van der Waals surface area (Å²) in [6.07, 6.45) is 2.94. The number of benzene rings is 1. The molecule has 2 heterocycles. The number of nitrogens with zero attached hydrogens (tertiary/aromatic N) is 3. The zero-order valence-electron chi connectivity index (χ0n) is 16.6. The SMILES string of the molecule is O=C(CCNC(=O)c1cc2n(n1)CCCN(Cc1ccc(F)cc1)C2=O)NC1CC1. The minimum atomic E-state index is -0.410. The number of carbonyl (C=O) groups excluding carboxylic acids is 3. The molecule has 3 amide bonds. The summed E-state index contributed by atoms with van der Waals surface area (Å²) < 4.78 is 14.7. The standard InChI is InChI=1S/C21H24FN5O3/c22-15-4-2-14(3-5-15)13-26-10-1-11-27-18(21(26)30)12-17(25-27)20(29)23-9-8-19(28)24-16-6-7-16/h2-5,12,16H,1,6-11,13H2,(H,23,29)(H,24,28). The van der Waals surface area contributed by atoms with Gasteiger partial charge in [-0.25, -0.2) is 4.39 Å². The quantitative estimate of drug-likeness (QED) is 0.718. The highest BCUT2D eigenvalue weighted by molar-refractivity contribution is 5.98. The van der Waals surface area contributed by atoms with Crippen molar-refractivity contribution in [1.82, 2.24) is 25.3 Å². The number of hydrogen-bond donors (Lipinski definition) is 2. The van der Waals surface area contributed by atoms with Crippen LogP contribution in [0.3, 0.4) is 0 Å². The van der Waals surface area contributed by atoms with E-state index in [1.807, 2.05) is 0 Å². The molecule has 0 unspecified atom stereocenters. The molecule has 0 saturated heterocycles. The number of carbonyl (C=O) groups is 3.